The van der Waals surface area contributed by atoms with Gasteiger partial charge in [-0.2, -0.15) is 5.26 Å². The van der Waals surface area contributed by atoms with Gasteiger partial charge in [-0.05, 0) is 55.3 Å². The van der Waals surface area contributed by atoms with Crippen molar-refractivity contribution < 1.29 is 4.92 Å². The first-order valence-corrected chi connectivity index (χ1v) is 11.9. The highest BCUT2D eigenvalue weighted by Crippen LogP contribution is 2.46. The highest BCUT2D eigenvalue weighted by Gasteiger charge is 2.29. The van der Waals surface area contributed by atoms with Crippen LogP contribution in [0.15, 0.2) is 88.4 Å². The molecule has 1 aromatic heterocycles. The number of pyridine rings is 1. The minimum Gasteiger partial charge on any atom is -0.258 e. The van der Waals surface area contributed by atoms with Gasteiger partial charge in [-0.3, -0.25) is 10.1 Å². The Labute approximate surface area is 204 Å². The molecule has 4 aromatic rings. The molecule has 3 aromatic carbocycles. The van der Waals surface area contributed by atoms with Crippen LogP contribution < -0.4 is 0 Å². The average molecular weight is 518 g/mol. The Bertz CT molecular complexity index is 1370. The average Bonchev–Trinajstić information content (AvgIpc) is 2.82. The van der Waals surface area contributed by atoms with Gasteiger partial charge in [0.2, 0.25) is 0 Å². The van der Waals surface area contributed by atoms with Crippen molar-refractivity contribution in [1.82, 2.24) is 4.98 Å². The topological polar surface area (TPSA) is 79.8 Å². The summed E-state index contributed by atoms with van der Waals surface area (Å²) in [6.07, 6.45) is 1.34. The zero-order valence-electron chi connectivity index (χ0n) is 18.0. The van der Waals surface area contributed by atoms with Gasteiger partial charge in [0.25, 0.3) is 5.69 Å². The van der Waals surface area contributed by atoms with Crippen molar-refractivity contribution >= 4 is 44.3 Å². The van der Waals surface area contributed by atoms with E-state index in [-0.39, 0.29) is 15.9 Å². The van der Waals surface area contributed by atoms with Gasteiger partial charge < -0.3 is 0 Å². The van der Waals surface area contributed by atoms with Gasteiger partial charge in [-0.1, -0.05) is 58.4 Å². The van der Waals surface area contributed by atoms with Gasteiger partial charge in [0.05, 0.1) is 32.7 Å². The van der Waals surface area contributed by atoms with Crippen molar-refractivity contribution in [3.8, 4) is 6.07 Å². The predicted molar refractivity (Wildman–Crippen MR) is 135 cm³/mol. The van der Waals surface area contributed by atoms with Crippen LogP contribution >= 0.6 is 27.7 Å². The fourth-order valence-corrected chi connectivity index (χ4v) is 5.27. The van der Waals surface area contributed by atoms with Gasteiger partial charge in [0.15, 0.2) is 0 Å². The van der Waals surface area contributed by atoms with Crippen LogP contribution in [0.1, 0.15) is 35.8 Å². The number of thioether (sulfide) groups is 1. The lowest BCUT2D eigenvalue weighted by atomic mass is 9.85. The second kappa shape index (κ2) is 9.34. The summed E-state index contributed by atoms with van der Waals surface area (Å²) in [7, 11) is 0. The van der Waals surface area contributed by atoms with E-state index in [1.165, 1.54) is 6.20 Å². The number of hydrogen-bond donors (Lipinski definition) is 0. The first kappa shape index (κ1) is 23.0. The molecule has 0 aliphatic rings. The van der Waals surface area contributed by atoms with Crippen LogP contribution in [0.2, 0.25) is 0 Å². The number of halogens is 1. The van der Waals surface area contributed by atoms with Crippen molar-refractivity contribution in [3.63, 3.8) is 0 Å². The maximum Gasteiger partial charge on any atom is 0.292 e. The minimum absolute atomic E-state index is 0.0181. The van der Waals surface area contributed by atoms with Gasteiger partial charge in [0, 0.05) is 14.8 Å². The monoisotopic (exact) mass is 517 g/mol. The number of nitro groups is 1. The summed E-state index contributed by atoms with van der Waals surface area (Å²) >= 11 is 5.06. The Balaban J connectivity index is 1.96. The van der Waals surface area contributed by atoms with Crippen molar-refractivity contribution in [3.05, 3.63) is 110 Å². The third-order valence-corrected chi connectivity index (χ3v) is 7.30. The normalized spacial score (nSPS) is 12.3. The molecule has 0 saturated carbocycles. The molecule has 0 N–H and O–H groups in total. The van der Waals surface area contributed by atoms with Crippen LogP contribution in [-0.2, 0) is 5.41 Å². The molecule has 0 saturated heterocycles. The van der Waals surface area contributed by atoms with E-state index < -0.39 is 5.41 Å². The molecule has 4 rings (SSSR count). The number of hydrogen-bond acceptors (Lipinski definition) is 5. The number of nitriles is 1. The lowest BCUT2D eigenvalue weighted by molar-refractivity contribution is -0.385. The Morgan fingerprint density at radius 3 is 2.42 bits per heavy atom. The second-order valence-electron chi connectivity index (χ2n) is 8.15. The highest BCUT2D eigenvalue weighted by molar-refractivity contribution is 9.10. The maximum absolute atomic E-state index is 12.1. The molecular weight excluding hydrogens is 498 g/mol. The number of rotatable bonds is 6. The van der Waals surface area contributed by atoms with Crippen LogP contribution in [0.25, 0.3) is 10.9 Å². The van der Waals surface area contributed by atoms with Crippen molar-refractivity contribution in [2.75, 3.05) is 0 Å². The van der Waals surface area contributed by atoms with Gasteiger partial charge in [-0.25, -0.2) is 4.98 Å². The van der Waals surface area contributed by atoms with E-state index in [0.717, 1.165) is 25.9 Å². The number of aromatic nitrogens is 1. The molecule has 5 nitrogen and oxygen atoms in total. The van der Waals surface area contributed by atoms with Crippen molar-refractivity contribution in [1.29, 1.82) is 5.26 Å². The van der Waals surface area contributed by atoms with Crippen LogP contribution in [-0.4, -0.2) is 9.91 Å². The molecule has 0 bridgehead atoms. The highest BCUT2D eigenvalue weighted by atomic mass is 79.9. The van der Waals surface area contributed by atoms with E-state index in [4.69, 9.17) is 0 Å². The molecule has 0 aliphatic carbocycles. The fourth-order valence-electron chi connectivity index (χ4n) is 3.66. The Hall–Kier alpha value is -3.21. The van der Waals surface area contributed by atoms with E-state index in [1.54, 1.807) is 11.8 Å². The third kappa shape index (κ3) is 4.77. The standard InChI is InChI=1S/C26H20BrN3O2S/c1-26(2,16-28)18-10-8-17(9-11-18)25(33-20-6-4-3-5-7-20)24-21-14-19(27)12-13-22(21)29-15-23(24)30(31)32/h3-15,25H,1-2H3. The van der Waals surface area contributed by atoms with Gasteiger partial charge >= 0.3 is 0 Å². The molecule has 0 amide bonds. The molecule has 7 heteroatoms. The molecule has 0 radical (unpaired) electrons. The fraction of sp³-hybridized carbons (Fsp3) is 0.154. The summed E-state index contributed by atoms with van der Waals surface area (Å²) in [5, 5.41) is 21.9. The first-order chi connectivity index (χ1) is 15.8. The van der Waals surface area contributed by atoms with Crippen molar-refractivity contribution in [2.24, 2.45) is 0 Å². The molecule has 1 heterocycles. The lowest BCUT2D eigenvalue weighted by Crippen LogP contribution is -2.13. The van der Waals surface area contributed by atoms with E-state index in [1.807, 2.05) is 86.6 Å². The lowest BCUT2D eigenvalue weighted by Gasteiger charge is -2.21. The molecule has 1 unspecified atom stereocenters. The van der Waals surface area contributed by atoms with Crippen LogP contribution in [0, 0.1) is 21.4 Å². The predicted octanol–water partition coefficient (Wildman–Crippen LogP) is 7.59. The van der Waals surface area contributed by atoms with Crippen LogP contribution in [0.4, 0.5) is 5.69 Å². The number of fused-ring (bicyclic) bond motifs is 1. The molecule has 164 valence electrons. The summed E-state index contributed by atoms with van der Waals surface area (Å²) in [6, 6.07) is 25.6. The number of benzene rings is 3. The molecule has 0 fully saturated rings. The summed E-state index contributed by atoms with van der Waals surface area (Å²) in [5.74, 6) is 0. The van der Waals surface area contributed by atoms with E-state index in [0.29, 0.717) is 11.1 Å². The summed E-state index contributed by atoms with van der Waals surface area (Å²) in [4.78, 5) is 17.0. The second-order valence-corrected chi connectivity index (χ2v) is 10.2. The summed E-state index contributed by atoms with van der Waals surface area (Å²) in [6.45, 7) is 3.74. The van der Waals surface area contributed by atoms with Crippen LogP contribution in [0.3, 0.4) is 0 Å². The molecule has 0 aliphatic heterocycles. The number of nitrogens with zero attached hydrogens (tertiary/aromatic N) is 3. The van der Waals surface area contributed by atoms with E-state index in [9.17, 15) is 15.4 Å². The minimum atomic E-state index is -0.624. The molecule has 0 spiro atoms. The van der Waals surface area contributed by atoms with E-state index >= 15 is 0 Å². The van der Waals surface area contributed by atoms with E-state index in [2.05, 4.69) is 27.0 Å². The van der Waals surface area contributed by atoms with Gasteiger partial charge in [-0.15, -0.1) is 11.8 Å². The molecular formula is C26H20BrN3O2S. The first-order valence-electron chi connectivity index (χ1n) is 10.3. The Morgan fingerprint density at radius 2 is 1.79 bits per heavy atom. The quantitative estimate of drug-likeness (QED) is 0.149. The zero-order chi connectivity index (χ0) is 23.6. The van der Waals surface area contributed by atoms with Crippen LogP contribution in [0.5, 0.6) is 0 Å². The SMILES string of the molecule is CC(C)(C#N)c1ccc(C(Sc2ccccc2)c2c([N+](=O)[O-])cnc3ccc(Br)cc23)cc1. The molecule has 1 atom stereocenters. The Morgan fingerprint density at radius 1 is 1.09 bits per heavy atom. The maximum atomic E-state index is 12.1. The van der Waals surface area contributed by atoms with Gasteiger partial charge in [0.1, 0.15) is 6.20 Å². The largest absolute Gasteiger partial charge is 0.292 e. The Kier molecular flexibility index (Phi) is 6.50. The molecule has 33 heavy (non-hydrogen) atoms. The summed E-state index contributed by atoms with van der Waals surface area (Å²) < 4.78 is 0.827. The third-order valence-electron chi connectivity index (χ3n) is 5.52. The summed E-state index contributed by atoms with van der Waals surface area (Å²) in [5.41, 5.74) is 2.47. The van der Waals surface area contributed by atoms with Crippen molar-refractivity contribution in [2.45, 2.75) is 29.4 Å². The zero-order valence-corrected chi connectivity index (χ0v) is 20.4. The smallest absolute Gasteiger partial charge is 0.258 e.